The van der Waals surface area contributed by atoms with Crippen LogP contribution in [0.4, 0.5) is 0 Å². The fraction of sp³-hybridized carbons (Fsp3) is 0.160. The van der Waals surface area contributed by atoms with Gasteiger partial charge in [-0.2, -0.15) is 30.6 Å². The third-order valence-corrected chi connectivity index (χ3v) is 8.71. The molecule has 356 valence electrons. The van der Waals surface area contributed by atoms with Crippen LogP contribution in [-0.2, 0) is 34.1 Å². The van der Waals surface area contributed by atoms with E-state index in [0.29, 0.717) is 67.7 Å². The fourth-order valence-electron chi connectivity index (χ4n) is 5.37. The van der Waals surface area contributed by atoms with Crippen LogP contribution in [0.25, 0.3) is 0 Å². The summed E-state index contributed by atoms with van der Waals surface area (Å²) in [6.45, 7) is 10.3. The molecule has 0 aliphatic carbocycles. The van der Waals surface area contributed by atoms with Gasteiger partial charge in [-0.15, -0.1) is 46.4 Å². The molecule has 0 saturated heterocycles. The molecule has 6 aromatic rings. The first-order chi connectivity index (χ1) is 31.6. The SMILES string of the molecule is C/C(=N\N=C(/C)c1ccccc1[O-])c1ccccc1[O-].C/C(=N\N=C(/C)c1ccccc1[O-])c1ccccc1[O-].C/C(=N\N=C(/C)c1ccccc1[O-])c1ccccc1[O-].ClCCl.ClCCl.[Fe+3].[Fe+3]. The fourth-order valence-corrected chi connectivity index (χ4v) is 5.37. The Kier molecular flexibility index (Phi) is 31.7. The predicted molar refractivity (Wildman–Crippen MR) is 262 cm³/mol. The average molecular weight is 1080 g/mol. The molecule has 0 bridgehead atoms. The number of hydrogen-bond acceptors (Lipinski definition) is 12. The van der Waals surface area contributed by atoms with E-state index in [9.17, 15) is 30.6 Å². The Labute approximate surface area is 438 Å². The summed E-state index contributed by atoms with van der Waals surface area (Å²) in [6.07, 6.45) is 0. The van der Waals surface area contributed by atoms with Crippen molar-refractivity contribution >= 4 is 80.7 Å². The Morgan fingerprint density at radius 3 is 0.485 bits per heavy atom. The van der Waals surface area contributed by atoms with E-state index in [1.807, 2.05) is 0 Å². The summed E-state index contributed by atoms with van der Waals surface area (Å²) in [4.78, 5) is 0. The summed E-state index contributed by atoms with van der Waals surface area (Å²) >= 11 is 19.1. The van der Waals surface area contributed by atoms with Gasteiger partial charge in [0, 0.05) is 0 Å². The number of halogens is 4. The van der Waals surface area contributed by atoms with Crippen molar-refractivity contribution in [1.29, 1.82) is 0 Å². The van der Waals surface area contributed by atoms with Gasteiger partial charge in [-0.25, -0.2) is 0 Å². The van der Waals surface area contributed by atoms with Crippen molar-refractivity contribution in [3.63, 3.8) is 0 Å². The van der Waals surface area contributed by atoms with E-state index in [2.05, 4.69) is 30.6 Å². The largest absolute Gasteiger partial charge is 3.00 e. The topological polar surface area (TPSA) is 213 Å². The van der Waals surface area contributed by atoms with E-state index in [1.165, 1.54) is 36.4 Å². The molecular formula is C50H46Cl4Fe2N6O6. The van der Waals surface area contributed by atoms with Crippen LogP contribution in [0.3, 0.4) is 0 Å². The number of rotatable bonds is 9. The summed E-state index contributed by atoms with van der Waals surface area (Å²) in [5, 5.41) is 94.5. The molecule has 0 unspecified atom stereocenters. The van der Waals surface area contributed by atoms with Gasteiger partial charge in [-0.3, -0.25) is 0 Å². The van der Waals surface area contributed by atoms with E-state index in [-0.39, 0.29) is 79.3 Å². The maximum atomic E-state index is 11.7. The standard InChI is InChI=1S/3C16H16N2O2.2CH2Cl2.2Fe/c3*1-11(13-7-3-5-9-15(13)19)17-18-12(2)14-8-4-6-10-16(14)20;2*2-1-3;;/h3*3-10,19-20H,1-2H3;2*1H2;;/q;;;;;2*+3/p-6/b3*17-11+,18-12+;;;;. The zero-order valence-electron chi connectivity index (χ0n) is 37.6. The molecule has 6 rings (SSSR count). The van der Waals surface area contributed by atoms with Crippen molar-refractivity contribution in [3.05, 3.63) is 179 Å². The molecule has 0 amide bonds. The second-order valence-electron chi connectivity index (χ2n) is 13.3. The second kappa shape index (κ2) is 34.6. The first-order valence-electron chi connectivity index (χ1n) is 19.7. The molecule has 0 heterocycles. The Morgan fingerprint density at radius 2 is 0.382 bits per heavy atom. The van der Waals surface area contributed by atoms with Crippen LogP contribution >= 0.6 is 46.4 Å². The number of para-hydroxylation sites is 6. The van der Waals surface area contributed by atoms with E-state index >= 15 is 0 Å². The molecule has 6 aromatic carbocycles. The minimum Gasteiger partial charge on any atom is -0.872 e. The Morgan fingerprint density at radius 1 is 0.279 bits per heavy atom. The Hall–Kier alpha value is -5.66. The van der Waals surface area contributed by atoms with Crippen molar-refractivity contribution in [2.75, 3.05) is 10.7 Å². The van der Waals surface area contributed by atoms with Crippen LogP contribution in [0.15, 0.2) is 176 Å². The first kappa shape index (κ1) is 62.3. The normalized spacial score (nSPS) is 11.6. The van der Waals surface area contributed by atoms with E-state index in [0.717, 1.165) is 0 Å². The minimum atomic E-state index is -0.0918. The molecule has 0 spiro atoms. The number of hydrogen-bond donors (Lipinski definition) is 0. The molecule has 0 fully saturated rings. The third kappa shape index (κ3) is 21.5. The van der Waals surface area contributed by atoms with Crippen molar-refractivity contribution < 1.29 is 64.8 Å². The van der Waals surface area contributed by atoms with Crippen LogP contribution in [0.5, 0.6) is 34.5 Å². The molecule has 0 atom stereocenters. The first-order valence-corrected chi connectivity index (χ1v) is 21.8. The molecular weight excluding hydrogens is 1030 g/mol. The predicted octanol–water partition coefficient (Wildman–Crippen LogP) is 9.04. The summed E-state index contributed by atoms with van der Waals surface area (Å²) < 4.78 is 0. The van der Waals surface area contributed by atoms with E-state index in [1.54, 1.807) is 151 Å². The quantitative estimate of drug-likeness (QED) is 0.0596. The maximum Gasteiger partial charge on any atom is 3.00 e. The van der Waals surface area contributed by atoms with Gasteiger partial charge in [0.2, 0.25) is 0 Å². The van der Waals surface area contributed by atoms with Gasteiger partial charge in [0.1, 0.15) is 0 Å². The molecule has 0 aromatic heterocycles. The van der Waals surface area contributed by atoms with Gasteiger partial charge in [0.15, 0.2) is 0 Å². The van der Waals surface area contributed by atoms with Gasteiger partial charge in [0.05, 0.1) is 44.9 Å². The zero-order valence-corrected chi connectivity index (χ0v) is 42.9. The van der Waals surface area contributed by atoms with Gasteiger partial charge in [-0.05, 0) is 74.9 Å². The summed E-state index contributed by atoms with van der Waals surface area (Å²) in [5.74, 6) is -0.551. The number of alkyl halides is 4. The van der Waals surface area contributed by atoms with E-state index in [4.69, 9.17) is 46.4 Å². The van der Waals surface area contributed by atoms with Crippen LogP contribution < -0.4 is 30.6 Å². The molecule has 0 aliphatic rings. The molecule has 0 saturated carbocycles. The van der Waals surface area contributed by atoms with Crippen molar-refractivity contribution in [2.45, 2.75) is 41.5 Å². The summed E-state index contributed by atoms with van der Waals surface area (Å²) in [5.41, 5.74) is 6.24. The maximum absolute atomic E-state index is 11.7. The molecule has 12 nitrogen and oxygen atoms in total. The molecule has 0 N–H and O–H groups in total. The smallest absolute Gasteiger partial charge is 0.872 e. The van der Waals surface area contributed by atoms with Gasteiger partial charge < -0.3 is 30.6 Å². The molecule has 2 radical (unpaired) electrons. The zero-order chi connectivity index (χ0) is 49.0. The second-order valence-corrected chi connectivity index (χ2v) is 14.9. The molecule has 68 heavy (non-hydrogen) atoms. The average Bonchev–Trinajstić information content (AvgIpc) is 3.31. The van der Waals surface area contributed by atoms with Gasteiger partial charge >= 0.3 is 34.1 Å². The Bertz CT molecular complexity index is 2200. The Balaban J connectivity index is 0.000000921. The summed E-state index contributed by atoms with van der Waals surface area (Å²) in [6, 6.07) is 39.9. The van der Waals surface area contributed by atoms with Crippen molar-refractivity contribution in [2.24, 2.45) is 30.6 Å². The molecule has 0 aliphatic heterocycles. The van der Waals surface area contributed by atoms with Crippen LogP contribution in [0.2, 0.25) is 0 Å². The van der Waals surface area contributed by atoms with Gasteiger partial charge in [-0.1, -0.05) is 180 Å². The van der Waals surface area contributed by atoms with Gasteiger partial charge in [0.25, 0.3) is 0 Å². The van der Waals surface area contributed by atoms with E-state index < -0.39 is 0 Å². The number of benzene rings is 6. The van der Waals surface area contributed by atoms with Crippen LogP contribution in [0.1, 0.15) is 74.9 Å². The molecule has 18 heteroatoms. The monoisotopic (exact) mass is 1080 g/mol. The van der Waals surface area contributed by atoms with Crippen LogP contribution in [0, 0.1) is 0 Å². The van der Waals surface area contributed by atoms with Crippen molar-refractivity contribution in [1.82, 2.24) is 0 Å². The van der Waals surface area contributed by atoms with Crippen molar-refractivity contribution in [3.8, 4) is 34.5 Å². The summed E-state index contributed by atoms with van der Waals surface area (Å²) in [7, 11) is 0. The third-order valence-electron chi connectivity index (χ3n) is 8.71. The van der Waals surface area contributed by atoms with Crippen LogP contribution in [-0.4, -0.2) is 44.9 Å². The number of nitrogens with zero attached hydrogens (tertiary/aromatic N) is 6. The minimum absolute atomic E-state index is 0.